The first-order valence-corrected chi connectivity index (χ1v) is 14.7. The number of carbonyl (C=O) groups excluding carboxylic acids is 1. The molecule has 2 aliphatic heterocycles. The lowest BCUT2D eigenvalue weighted by Gasteiger charge is -2.42. The minimum atomic E-state index is -1.54. The first-order valence-electron chi connectivity index (χ1n) is 13.2. The van der Waals surface area contributed by atoms with Crippen LogP contribution in [0.2, 0.25) is 5.22 Å². The summed E-state index contributed by atoms with van der Waals surface area (Å²) in [7, 11) is 7.34. The van der Waals surface area contributed by atoms with Crippen LogP contribution >= 0.6 is 30.1 Å². The third kappa shape index (κ3) is 5.93. The lowest BCUT2D eigenvalue weighted by molar-refractivity contribution is -0.137. The number of rotatable bonds is 6. The first-order chi connectivity index (χ1) is 19.3. The van der Waals surface area contributed by atoms with Crippen LogP contribution in [0.4, 0.5) is 14.5 Å². The van der Waals surface area contributed by atoms with E-state index in [4.69, 9.17) is 25.9 Å². The van der Waals surface area contributed by atoms with Crippen LogP contribution in [0.5, 0.6) is 0 Å². The van der Waals surface area contributed by atoms with E-state index in [0.717, 1.165) is 34.9 Å². The molecular weight excluding hydrogens is 588 g/mol. The summed E-state index contributed by atoms with van der Waals surface area (Å²) in [5, 5.41) is 11.1. The molecule has 12 heteroatoms. The Morgan fingerprint density at radius 1 is 1.15 bits per heavy atom. The zero-order valence-corrected chi connectivity index (χ0v) is 26.3. The van der Waals surface area contributed by atoms with Crippen molar-refractivity contribution in [2.24, 2.45) is 5.10 Å². The number of nitrogens with zero attached hydrogens (tertiary/aromatic N) is 3. The van der Waals surface area contributed by atoms with Crippen molar-refractivity contribution in [3.05, 3.63) is 76.7 Å². The summed E-state index contributed by atoms with van der Waals surface area (Å²) < 4.78 is 41.4. The van der Waals surface area contributed by atoms with Crippen LogP contribution < -0.4 is 20.9 Å². The second-order valence-electron chi connectivity index (χ2n) is 11.4. The molecule has 5 atom stereocenters. The van der Waals surface area contributed by atoms with Gasteiger partial charge in [0.05, 0.1) is 29.0 Å². The molecule has 0 saturated carbocycles. The Kier molecular flexibility index (Phi) is 8.32. The quantitative estimate of drug-likeness (QED) is 0.419. The average Bonchev–Trinajstić information content (AvgIpc) is 3.42. The summed E-state index contributed by atoms with van der Waals surface area (Å²) in [6.45, 7) is 7.30. The number of ether oxygens (including phenoxy) is 1. The summed E-state index contributed by atoms with van der Waals surface area (Å²) in [5.74, 6) is -2.44. The predicted octanol–water partition coefficient (Wildman–Crippen LogP) is 4.20. The van der Waals surface area contributed by atoms with Crippen molar-refractivity contribution in [3.8, 4) is 0 Å². The van der Waals surface area contributed by atoms with Gasteiger partial charge in [0.15, 0.2) is 16.6 Å². The molecule has 5 rings (SSSR count). The molecule has 41 heavy (non-hydrogen) atoms. The number of hydrogen-bond donors (Lipinski definition) is 1. The molecule has 1 amide bonds. The van der Waals surface area contributed by atoms with E-state index < -0.39 is 29.0 Å². The Hall–Kier alpha value is -2.41. The van der Waals surface area contributed by atoms with E-state index in [1.54, 1.807) is 19.1 Å². The molecule has 0 bridgehead atoms. The van der Waals surface area contributed by atoms with Crippen LogP contribution in [0, 0.1) is 11.6 Å². The Balaban J connectivity index is 1.61. The zero-order valence-electron chi connectivity index (χ0n) is 23.2. The predicted molar refractivity (Wildman–Crippen MR) is 165 cm³/mol. The van der Waals surface area contributed by atoms with Crippen molar-refractivity contribution in [1.82, 2.24) is 10.2 Å². The van der Waals surface area contributed by atoms with Crippen LogP contribution in [0.1, 0.15) is 38.0 Å². The monoisotopic (exact) mass is 620 g/mol. The van der Waals surface area contributed by atoms with Crippen molar-refractivity contribution in [2.75, 3.05) is 31.7 Å². The number of likely N-dealkylation sites (N-methyl/N-ethyl adjacent to an activating group) is 1. The van der Waals surface area contributed by atoms with Gasteiger partial charge in [-0.25, -0.2) is 13.8 Å². The third-order valence-corrected chi connectivity index (χ3v) is 8.49. The van der Waals surface area contributed by atoms with E-state index in [9.17, 15) is 9.18 Å². The highest BCUT2D eigenvalue weighted by Crippen LogP contribution is 2.46. The molecule has 0 aliphatic carbocycles. The fourth-order valence-electron chi connectivity index (χ4n) is 5.84. The first kappa shape index (κ1) is 30.1. The van der Waals surface area contributed by atoms with E-state index in [1.807, 2.05) is 39.1 Å². The van der Waals surface area contributed by atoms with Gasteiger partial charge >= 0.3 is 0 Å². The zero-order chi connectivity index (χ0) is 29.7. The maximum absolute atomic E-state index is 15.3. The van der Waals surface area contributed by atoms with Crippen molar-refractivity contribution in [1.29, 1.82) is 0 Å². The molecule has 1 saturated heterocycles. The number of halogens is 3. The number of morpholine rings is 1. The van der Waals surface area contributed by atoms with Gasteiger partial charge in [0.25, 0.3) is 0 Å². The van der Waals surface area contributed by atoms with E-state index in [2.05, 4.69) is 28.7 Å². The smallest absolute Gasteiger partial charge is 0.249 e. The molecule has 0 spiro atoms. The van der Waals surface area contributed by atoms with Gasteiger partial charge in [-0.15, -0.1) is 18.5 Å². The summed E-state index contributed by atoms with van der Waals surface area (Å²) in [6, 6.07) is 12.2. The van der Waals surface area contributed by atoms with Crippen LogP contribution in [0.3, 0.4) is 0 Å². The minimum absolute atomic E-state index is 0.0514. The van der Waals surface area contributed by atoms with Crippen molar-refractivity contribution >= 4 is 58.0 Å². The van der Waals surface area contributed by atoms with Crippen molar-refractivity contribution in [3.63, 3.8) is 0 Å². The van der Waals surface area contributed by atoms with Gasteiger partial charge in [0.1, 0.15) is 11.6 Å². The normalized spacial score (nSPS) is 24.4. The summed E-state index contributed by atoms with van der Waals surface area (Å²) in [6.07, 6.45) is -0.265. The standard InChI is InChI=1S/C29H33ClF2N4O3P2/c1-28(2)15-35(4)14-17(39-28)13-33-27(37)29(3)25(22-9-10-24(30)38-22)26(19-7-6-18(40)12-23(19)41)34-36(29)21-8-5-16(31)11-20(21)32/h5-12,17,25H,13-15,40-41H2,1-4H3,(H,33,37). The Bertz CT molecular complexity index is 1520. The number of nitrogens with one attached hydrogen (secondary N) is 1. The topological polar surface area (TPSA) is 70.3 Å². The van der Waals surface area contributed by atoms with Crippen LogP contribution in [0.25, 0.3) is 0 Å². The molecule has 3 heterocycles. The second-order valence-corrected chi connectivity index (χ2v) is 13.0. The SMILES string of the molecule is CN1CC(CNC(=O)C2(C)C(c3ccc(Cl)o3)C(c3ccc(P)cc3P)=NN2c2ccc(F)cc2F)OC(C)(C)C1. The largest absolute Gasteiger partial charge is 0.449 e. The molecule has 1 N–H and O–H groups in total. The molecule has 7 nitrogen and oxygen atoms in total. The summed E-state index contributed by atoms with van der Waals surface area (Å²) in [5.41, 5.74) is -0.776. The number of carbonyl (C=O) groups is 1. The Morgan fingerprint density at radius 2 is 1.90 bits per heavy atom. The number of amides is 1. The van der Waals surface area contributed by atoms with Crippen LogP contribution in [0.15, 0.2) is 58.0 Å². The van der Waals surface area contributed by atoms with E-state index >= 15 is 4.39 Å². The van der Waals surface area contributed by atoms with Gasteiger partial charge < -0.3 is 19.4 Å². The molecule has 218 valence electrons. The molecule has 2 aromatic carbocycles. The molecular formula is C29H33ClF2N4O3P2. The number of anilines is 1. The lowest BCUT2D eigenvalue weighted by Crippen LogP contribution is -2.60. The van der Waals surface area contributed by atoms with Gasteiger partial charge in [-0.3, -0.25) is 4.79 Å². The molecule has 2 aliphatic rings. The van der Waals surface area contributed by atoms with E-state index in [1.165, 1.54) is 11.1 Å². The number of hydrazone groups is 1. The number of benzene rings is 2. The van der Waals surface area contributed by atoms with E-state index in [0.29, 0.717) is 18.0 Å². The Morgan fingerprint density at radius 3 is 2.54 bits per heavy atom. The van der Waals surface area contributed by atoms with Gasteiger partial charge in [-0.1, -0.05) is 12.1 Å². The van der Waals surface area contributed by atoms with Crippen LogP contribution in [-0.4, -0.2) is 60.4 Å². The molecule has 1 fully saturated rings. The van der Waals surface area contributed by atoms with Crippen LogP contribution in [-0.2, 0) is 9.53 Å². The highest BCUT2D eigenvalue weighted by atomic mass is 35.5. The maximum Gasteiger partial charge on any atom is 0.249 e. The fourth-order valence-corrected chi connectivity index (χ4v) is 6.90. The molecule has 3 aromatic rings. The van der Waals surface area contributed by atoms with Gasteiger partial charge in [-0.05, 0) is 80.4 Å². The third-order valence-electron chi connectivity index (χ3n) is 7.45. The van der Waals surface area contributed by atoms with E-state index in [-0.39, 0.29) is 29.2 Å². The fraction of sp³-hybridized carbons (Fsp3) is 0.379. The average molecular weight is 621 g/mol. The van der Waals surface area contributed by atoms with Gasteiger partial charge in [-0.2, -0.15) is 5.10 Å². The highest BCUT2D eigenvalue weighted by Gasteiger charge is 2.57. The maximum atomic E-state index is 15.3. The van der Waals surface area contributed by atoms with Gasteiger partial charge in [0.2, 0.25) is 5.91 Å². The number of hydrogen-bond acceptors (Lipinski definition) is 6. The summed E-state index contributed by atoms with van der Waals surface area (Å²) >= 11 is 6.21. The van der Waals surface area contributed by atoms with Crippen molar-refractivity contribution < 1.29 is 22.7 Å². The highest BCUT2D eigenvalue weighted by molar-refractivity contribution is 7.29. The molecule has 0 radical (unpaired) electrons. The van der Waals surface area contributed by atoms with Gasteiger partial charge in [0, 0.05) is 31.3 Å². The molecule has 1 aromatic heterocycles. The second kappa shape index (κ2) is 11.3. The minimum Gasteiger partial charge on any atom is -0.449 e. The molecule has 5 unspecified atom stereocenters. The summed E-state index contributed by atoms with van der Waals surface area (Å²) in [4.78, 5) is 16.5. The lowest BCUT2D eigenvalue weighted by atomic mass is 9.78. The Labute approximate surface area is 248 Å². The van der Waals surface area contributed by atoms with Crippen molar-refractivity contribution in [2.45, 2.75) is 43.9 Å². The number of furan rings is 1.